The lowest BCUT2D eigenvalue weighted by atomic mass is 10.1. The highest BCUT2D eigenvalue weighted by Gasteiger charge is 2.19. The van der Waals surface area contributed by atoms with Gasteiger partial charge >= 0.3 is 0 Å². The van der Waals surface area contributed by atoms with E-state index in [0.717, 1.165) is 5.56 Å². The lowest BCUT2D eigenvalue weighted by molar-refractivity contribution is 0.383. The zero-order valence-electron chi connectivity index (χ0n) is 9.24. The van der Waals surface area contributed by atoms with Crippen LogP contribution in [0.15, 0.2) is 30.9 Å². The van der Waals surface area contributed by atoms with E-state index in [4.69, 9.17) is 10.6 Å². The molecule has 0 aliphatic heterocycles. The first-order valence-electron chi connectivity index (χ1n) is 4.94. The van der Waals surface area contributed by atoms with Gasteiger partial charge in [0.15, 0.2) is 0 Å². The average Bonchev–Trinajstić information content (AvgIpc) is 2.41. The second-order valence-electron chi connectivity index (χ2n) is 3.23. The molecule has 7 heteroatoms. The predicted octanol–water partition coefficient (Wildman–Crippen LogP) is -0.172. The lowest BCUT2D eigenvalue weighted by Gasteiger charge is -2.16. The maximum atomic E-state index is 5.54. The Morgan fingerprint density at radius 1 is 1.24 bits per heavy atom. The van der Waals surface area contributed by atoms with Crippen molar-refractivity contribution in [1.82, 2.24) is 25.6 Å². The summed E-state index contributed by atoms with van der Waals surface area (Å²) in [7, 11) is 1.53. The highest BCUT2D eigenvalue weighted by Crippen LogP contribution is 2.24. The van der Waals surface area contributed by atoms with E-state index in [1.165, 1.54) is 7.11 Å². The van der Waals surface area contributed by atoms with Gasteiger partial charge in [-0.15, -0.1) is 0 Å². The van der Waals surface area contributed by atoms with Crippen molar-refractivity contribution < 1.29 is 4.74 Å². The molecular formula is C10H12N6O. The van der Waals surface area contributed by atoms with Crippen molar-refractivity contribution in [3.63, 3.8) is 0 Å². The van der Waals surface area contributed by atoms with Crippen LogP contribution in [-0.4, -0.2) is 27.3 Å². The fourth-order valence-corrected chi connectivity index (χ4v) is 1.50. The summed E-state index contributed by atoms with van der Waals surface area (Å²) in [5, 5.41) is 7.51. The number of hydrogen-bond donors (Lipinski definition) is 2. The van der Waals surface area contributed by atoms with Gasteiger partial charge in [0.2, 0.25) is 5.88 Å². The molecule has 88 valence electrons. The highest BCUT2D eigenvalue weighted by atomic mass is 16.5. The van der Waals surface area contributed by atoms with Crippen molar-refractivity contribution in [3.8, 4) is 5.88 Å². The summed E-state index contributed by atoms with van der Waals surface area (Å²) in [5.74, 6) is 5.96. The minimum atomic E-state index is -0.339. The number of hydrogen-bond acceptors (Lipinski definition) is 7. The molecule has 0 aliphatic rings. The number of nitrogens with one attached hydrogen (secondary N) is 1. The number of nitrogens with zero attached hydrogens (tertiary/aromatic N) is 4. The molecule has 2 heterocycles. The molecular weight excluding hydrogens is 220 g/mol. The minimum absolute atomic E-state index is 0.339. The summed E-state index contributed by atoms with van der Waals surface area (Å²) >= 11 is 0. The molecule has 1 unspecified atom stereocenters. The number of ether oxygens (including phenoxy) is 1. The quantitative estimate of drug-likeness (QED) is 0.557. The maximum Gasteiger partial charge on any atom is 0.237 e. The SMILES string of the molecule is COc1nccnc1C(NN)c1ccnnc1. The molecule has 2 aromatic rings. The van der Waals surface area contributed by atoms with E-state index in [9.17, 15) is 0 Å². The molecule has 0 amide bonds. The average molecular weight is 232 g/mol. The molecule has 0 fully saturated rings. The monoisotopic (exact) mass is 232 g/mol. The number of rotatable bonds is 4. The molecule has 0 radical (unpaired) electrons. The topological polar surface area (TPSA) is 98.8 Å². The first kappa shape index (κ1) is 11.4. The van der Waals surface area contributed by atoms with Crippen LogP contribution in [0.4, 0.5) is 0 Å². The number of aromatic nitrogens is 4. The number of methoxy groups -OCH3 is 1. The van der Waals surface area contributed by atoms with Crippen LogP contribution in [0.2, 0.25) is 0 Å². The Bertz CT molecular complexity index is 477. The molecule has 0 aliphatic carbocycles. The molecule has 0 saturated carbocycles. The van der Waals surface area contributed by atoms with Crippen molar-refractivity contribution in [1.29, 1.82) is 0 Å². The van der Waals surface area contributed by atoms with Crippen molar-refractivity contribution in [2.24, 2.45) is 5.84 Å². The van der Waals surface area contributed by atoms with Crippen LogP contribution in [0.1, 0.15) is 17.3 Å². The van der Waals surface area contributed by atoms with E-state index >= 15 is 0 Å². The Labute approximate surface area is 98.0 Å². The zero-order valence-corrected chi connectivity index (χ0v) is 9.24. The fourth-order valence-electron chi connectivity index (χ4n) is 1.50. The molecule has 0 bridgehead atoms. The van der Waals surface area contributed by atoms with Gasteiger partial charge in [-0.25, -0.2) is 10.4 Å². The van der Waals surface area contributed by atoms with Gasteiger partial charge < -0.3 is 4.74 Å². The predicted molar refractivity (Wildman–Crippen MR) is 59.8 cm³/mol. The van der Waals surface area contributed by atoms with Gasteiger partial charge in [0, 0.05) is 18.6 Å². The summed E-state index contributed by atoms with van der Waals surface area (Å²) in [6.45, 7) is 0. The van der Waals surface area contributed by atoms with Gasteiger partial charge in [0.1, 0.15) is 5.69 Å². The van der Waals surface area contributed by atoms with Crippen LogP contribution in [0.25, 0.3) is 0 Å². The minimum Gasteiger partial charge on any atom is -0.480 e. The third kappa shape index (κ3) is 2.35. The standard InChI is InChI=1S/C10H12N6O/c1-17-10-9(12-4-5-13-10)8(16-11)7-2-3-14-15-6-7/h2-6,8,16H,11H2,1H3. The van der Waals surface area contributed by atoms with Crippen molar-refractivity contribution >= 4 is 0 Å². The summed E-state index contributed by atoms with van der Waals surface area (Å²) < 4.78 is 5.14. The summed E-state index contributed by atoms with van der Waals surface area (Å²) in [4.78, 5) is 8.29. The third-order valence-corrected chi connectivity index (χ3v) is 2.27. The zero-order chi connectivity index (χ0) is 12.1. The third-order valence-electron chi connectivity index (χ3n) is 2.27. The van der Waals surface area contributed by atoms with E-state index in [2.05, 4.69) is 25.6 Å². The first-order valence-corrected chi connectivity index (χ1v) is 4.94. The van der Waals surface area contributed by atoms with Gasteiger partial charge in [-0.3, -0.25) is 10.8 Å². The van der Waals surface area contributed by atoms with E-state index < -0.39 is 0 Å². The Hall–Kier alpha value is -2.12. The first-order chi connectivity index (χ1) is 8.36. The van der Waals surface area contributed by atoms with Crippen molar-refractivity contribution in [2.45, 2.75) is 6.04 Å². The normalized spacial score (nSPS) is 12.1. The van der Waals surface area contributed by atoms with Gasteiger partial charge in [-0.2, -0.15) is 10.2 Å². The van der Waals surface area contributed by atoms with Crippen LogP contribution in [-0.2, 0) is 0 Å². The molecule has 0 saturated heterocycles. The van der Waals surface area contributed by atoms with Crippen LogP contribution in [0, 0.1) is 0 Å². The maximum absolute atomic E-state index is 5.54. The molecule has 0 spiro atoms. The highest BCUT2D eigenvalue weighted by molar-refractivity contribution is 5.30. The van der Waals surface area contributed by atoms with Crippen molar-refractivity contribution in [2.75, 3.05) is 7.11 Å². The van der Waals surface area contributed by atoms with E-state index in [1.54, 1.807) is 30.9 Å². The van der Waals surface area contributed by atoms with E-state index in [1.807, 2.05) is 0 Å². The van der Waals surface area contributed by atoms with Crippen LogP contribution < -0.4 is 16.0 Å². The second kappa shape index (κ2) is 5.28. The van der Waals surface area contributed by atoms with Gasteiger partial charge in [-0.05, 0) is 11.6 Å². The molecule has 7 nitrogen and oxygen atoms in total. The Balaban J connectivity index is 2.42. The Kier molecular flexibility index (Phi) is 3.53. The van der Waals surface area contributed by atoms with Gasteiger partial charge in [0.05, 0.1) is 19.3 Å². The Morgan fingerprint density at radius 3 is 2.71 bits per heavy atom. The fraction of sp³-hybridized carbons (Fsp3) is 0.200. The number of nitrogens with two attached hydrogens (primary N) is 1. The van der Waals surface area contributed by atoms with E-state index in [0.29, 0.717) is 11.6 Å². The van der Waals surface area contributed by atoms with Gasteiger partial charge in [0.25, 0.3) is 0 Å². The van der Waals surface area contributed by atoms with Gasteiger partial charge in [-0.1, -0.05) is 0 Å². The van der Waals surface area contributed by atoms with E-state index in [-0.39, 0.29) is 6.04 Å². The molecule has 3 N–H and O–H groups in total. The van der Waals surface area contributed by atoms with Crippen LogP contribution in [0.5, 0.6) is 5.88 Å². The van der Waals surface area contributed by atoms with Crippen LogP contribution >= 0.6 is 0 Å². The summed E-state index contributed by atoms with van der Waals surface area (Å²) in [6.07, 6.45) is 6.33. The van der Waals surface area contributed by atoms with Crippen molar-refractivity contribution in [3.05, 3.63) is 42.1 Å². The smallest absolute Gasteiger partial charge is 0.237 e. The number of hydrazine groups is 1. The molecule has 1 atom stereocenters. The lowest BCUT2D eigenvalue weighted by Crippen LogP contribution is -2.30. The largest absolute Gasteiger partial charge is 0.480 e. The van der Waals surface area contributed by atoms with Crippen LogP contribution in [0.3, 0.4) is 0 Å². The molecule has 17 heavy (non-hydrogen) atoms. The summed E-state index contributed by atoms with van der Waals surface area (Å²) in [6, 6.07) is 1.46. The second-order valence-corrected chi connectivity index (χ2v) is 3.23. The molecule has 2 aromatic heterocycles. The molecule has 2 rings (SSSR count). The summed E-state index contributed by atoms with van der Waals surface area (Å²) in [5.41, 5.74) is 4.10. The molecule has 0 aromatic carbocycles. The Morgan fingerprint density at radius 2 is 2.06 bits per heavy atom.